The zero-order valence-electron chi connectivity index (χ0n) is 18.6. The first kappa shape index (κ1) is 22.0. The van der Waals surface area contributed by atoms with Gasteiger partial charge in [-0.25, -0.2) is 0 Å². The van der Waals surface area contributed by atoms with Gasteiger partial charge in [0.05, 0.1) is 19.8 Å². The van der Waals surface area contributed by atoms with Crippen LogP contribution in [0, 0.1) is 0 Å². The van der Waals surface area contributed by atoms with E-state index in [0.717, 1.165) is 30.8 Å². The predicted molar refractivity (Wildman–Crippen MR) is 109 cm³/mol. The molecule has 0 spiro atoms. The number of rotatable bonds is 8. The van der Waals surface area contributed by atoms with Gasteiger partial charge in [0.2, 0.25) is 0 Å². The summed E-state index contributed by atoms with van der Waals surface area (Å²) in [6.07, 6.45) is 0.507. The van der Waals surface area contributed by atoms with Gasteiger partial charge in [0.1, 0.15) is 30.2 Å². The van der Waals surface area contributed by atoms with Crippen LogP contribution in [0.25, 0.3) is 0 Å². The first-order valence-corrected chi connectivity index (χ1v) is 10.9. The molecule has 3 saturated heterocycles. The molecular formula is C23H34O7. The van der Waals surface area contributed by atoms with Crippen molar-refractivity contribution >= 4 is 0 Å². The van der Waals surface area contributed by atoms with Gasteiger partial charge in [-0.05, 0) is 51.8 Å². The van der Waals surface area contributed by atoms with Gasteiger partial charge >= 0.3 is 0 Å². The molecule has 0 radical (unpaired) electrons. The summed E-state index contributed by atoms with van der Waals surface area (Å²) in [6, 6.07) is 8.01. The summed E-state index contributed by atoms with van der Waals surface area (Å²) in [5.41, 5.74) is 1.06. The second kappa shape index (κ2) is 8.73. The lowest BCUT2D eigenvalue weighted by atomic mass is 10.1. The third-order valence-electron chi connectivity index (χ3n) is 5.56. The molecule has 1 aromatic rings. The van der Waals surface area contributed by atoms with Crippen molar-refractivity contribution < 1.29 is 33.2 Å². The second-order valence-electron chi connectivity index (χ2n) is 9.06. The zero-order valence-corrected chi connectivity index (χ0v) is 18.6. The lowest BCUT2D eigenvalue weighted by Crippen LogP contribution is -2.44. The molecule has 4 rings (SSSR count). The highest BCUT2D eigenvalue weighted by Crippen LogP contribution is 2.42. The van der Waals surface area contributed by atoms with Crippen LogP contribution in [-0.2, 0) is 35.0 Å². The van der Waals surface area contributed by atoms with Crippen LogP contribution in [0.5, 0.6) is 5.75 Å². The number of hydrogen-bond acceptors (Lipinski definition) is 7. The van der Waals surface area contributed by atoms with Crippen LogP contribution in [0.4, 0.5) is 0 Å². The monoisotopic (exact) mass is 422 g/mol. The standard InChI is InChI=1S/C23H34O7/c1-6-7-12-24-16-10-8-15(9-11-16)13-25-19-18(17-14-26-22(2,3)28-17)27-21-20(19)29-23(4,5)30-21/h8-11,17-21H,6-7,12-14H2,1-5H3. The third kappa shape index (κ3) is 4.98. The summed E-state index contributed by atoms with van der Waals surface area (Å²) < 4.78 is 42.0. The molecule has 0 amide bonds. The van der Waals surface area contributed by atoms with Gasteiger partial charge < -0.3 is 33.2 Å². The molecule has 0 aromatic heterocycles. The quantitative estimate of drug-likeness (QED) is 0.591. The van der Waals surface area contributed by atoms with Crippen molar-refractivity contribution in [3.05, 3.63) is 29.8 Å². The molecular weight excluding hydrogens is 388 g/mol. The highest BCUT2D eigenvalue weighted by atomic mass is 16.8. The Morgan fingerprint density at radius 3 is 2.40 bits per heavy atom. The number of ether oxygens (including phenoxy) is 7. The Bertz CT molecular complexity index is 702. The van der Waals surface area contributed by atoms with Gasteiger partial charge in [-0.2, -0.15) is 0 Å². The summed E-state index contributed by atoms with van der Waals surface area (Å²) in [5.74, 6) is -0.460. The van der Waals surface area contributed by atoms with Crippen molar-refractivity contribution in [3.63, 3.8) is 0 Å². The smallest absolute Gasteiger partial charge is 0.190 e. The van der Waals surface area contributed by atoms with Crippen LogP contribution in [0.3, 0.4) is 0 Å². The molecule has 168 valence electrons. The Labute approximate surface area is 178 Å². The van der Waals surface area contributed by atoms with Crippen LogP contribution < -0.4 is 4.74 Å². The number of fused-ring (bicyclic) bond motifs is 1. The number of hydrogen-bond donors (Lipinski definition) is 0. The maximum atomic E-state index is 6.32. The van der Waals surface area contributed by atoms with E-state index < -0.39 is 17.9 Å². The summed E-state index contributed by atoms with van der Waals surface area (Å²) in [6.45, 7) is 11.3. The number of benzene rings is 1. The summed E-state index contributed by atoms with van der Waals surface area (Å²) in [5, 5.41) is 0. The normalized spacial score (nSPS) is 34.2. The van der Waals surface area contributed by atoms with Gasteiger partial charge in [0, 0.05) is 0 Å². The molecule has 7 heteroatoms. The lowest BCUT2D eigenvalue weighted by Gasteiger charge is -2.29. The van der Waals surface area contributed by atoms with E-state index in [9.17, 15) is 0 Å². The molecule has 3 heterocycles. The van der Waals surface area contributed by atoms with E-state index in [4.69, 9.17) is 33.2 Å². The van der Waals surface area contributed by atoms with Crippen molar-refractivity contribution in [2.24, 2.45) is 0 Å². The molecule has 3 aliphatic heterocycles. The maximum Gasteiger partial charge on any atom is 0.190 e. The van der Waals surface area contributed by atoms with E-state index in [-0.39, 0.29) is 24.4 Å². The van der Waals surface area contributed by atoms with E-state index in [1.54, 1.807) is 0 Å². The van der Waals surface area contributed by atoms with Crippen molar-refractivity contribution in [2.75, 3.05) is 13.2 Å². The Morgan fingerprint density at radius 2 is 1.73 bits per heavy atom. The molecule has 30 heavy (non-hydrogen) atoms. The van der Waals surface area contributed by atoms with E-state index >= 15 is 0 Å². The number of unbranched alkanes of at least 4 members (excludes halogenated alkanes) is 1. The average molecular weight is 423 g/mol. The minimum absolute atomic E-state index is 0.236. The fourth-order valence-electron chi connectivity index (χ4n) is 4.08. The highest BCUT2D eigenvalue weighted by Gasteiger charge is 2.58. The van der Waals surface area contributed by atoms with Crippen molar-refractivity contribution in [2.45, 2.75) is 96.3 Å². The van der Waals surface area contributed by atoms with Crippen LogP contribution in [-0.4, -0.2) is 55.5 Å². The van der Waals surface area contributed by atoms with E-state index in [1.807, 2.05) is 52.0 Å². The van der Waals surface area contributed by atoms with E-state index in [2.05, 4.69) is 6.92 Å². The van der Waals surface area contributed by atoms with Crippen LogP contribution in [0.15, 0.2) is 24.3 Å². The predicted octanol–water partition coefficient (Wildman–Crippen LogP) is 3.78. The van der Waals surface area contributed by atoms with Crippen molar-refractivity contribution in [1.82, 2.24) is 0 Å². The molecule has 3 fully saturated rings. The van der Waals surface area contributed by atoms with Crippen LogP contribution >= 0.6 is 0 Å². The lowest BCUT2D eigenvalue weighted by molar-refractivity contribution is -0.236. The van der Waals surface area contributed by atoms with E-state index in [0.29, 0.717) is 13.2 Å². The molecule has 5 unspecified atom stereocenters. The second-order valence-corrected chi connectivity index (χ2v) is 9.06. The highest BCUT2D eigenvalue weighted by molar-refractivity contribution is 5.26. The fraction of sp³-hybridized carbons (Fsp3) is 0.739. The first-order chi connectivity index (χ1) is 14.3. The topological polar surface area (TPSA) is 64.6 Å². The summed E-state index contributed by atoms with van der Waals surface area (Å²) >= 11 is 0. The zero-order chi connectivity index (χ0) is 21.4. The van der Waals surface area contributed by atoms with E-state index in [1.165, 1.54) is 0 Å². The van der Waals surface area contributed by atoms with Gasteiger partial charge in [-0.15, -0.1) is 0 Å². The van der Waals surface area contributed by atoms with Gasteiger partial charge in [-0.3, -0.25) is 0 Å². The molecule has 3 aliphatic rings. The maximum absolute atomic E-state index is 6.32. The summed E-state index contributed by atoms with van der Waals surface area (Å²) in [7, 11) is 0. The molecule has 1 aromatic carbocycles. The largest absolute Gasteiger partial charge is 0.494 e. The minimum Gasteiger partial charge on any atom is -0.494 e. The Morgan fingerprint density at radius 1 is 0.967 bits per heavy atom. The summed E-state index contributed by atoms with van der Waals surface area (Å²) in [4.78, 5) is 0. The third-order valence-corrected chi connectivity index (χ3v) is 5.56. The fourth-order valence-corrected chi connectivity index (χ4v) is 4.08. The molecule has 5 atom stereocenters. The van der Waals surface area contributed by atoms with Crippen molar-refractivity contribution in [3.8, 4) is 5.75 Å². The SMILES string of the molecule is CCCCOc1ccc(COC2C(C3COC(C)(C)O3)OC3OC(C)(C)OC32)cc1. The van der Waals surface area contributed by atoms with Crippen LogP contribution in [0.2, 0.25) is 0 Å². The van der Waals surface area contributed by atoms with Gasteiger partial charge in [0.15, 0.2) is 17.9 Å². The minimum atomic E-state index is -0.703. The molecule has 0 N–H and O–H groups in total. The Balaban J connectivity index is 1.40. The average Bonchev–Trinajstić information content (AvgIpc) is 3.30. The molecule has 0 bridgehead atoms. The van der Waals surface area contributed by atoms with Crippen LogP contribution in [0.1, 0.15) is 53.0 Å². The first-order valence-electron chi connectivity index (χ1n) is 10.9. The van der Waals surface area contributed by atoms with Crippen molar-refractivity contribution in [1.29, 1.82) is 0 Å². The molecule has 0 aliphatic carbocycles. The Kier molecular flexibility index (Phi) is 6.40. The van der Waals surface area contributed by atoms with Gasteiger partial charge in [-0.1, -0.05) is 25.5 Å². The van der Waals surface area contributed by atoms with Gasteiger partial charge in [0.25, 0.3) is 0 Å². The molecule has 7 nitrogen and oxygen atoms in total. The Hall–Kier alpha value is -1.22. The molecule has 0 saturated carbocycles.